The third-order valence-corrected chi connectivity index (χ3v) is 5.65. The largest absolute Gasteiger partial charge is 0.354 e. The van der Waals surface area contributed by atoms with Crippen molar-refractivity contribution in [2.45, 2.75) is 33.0 Å². The minimum atomic E-state index is -0.486. The highest BCUT2D eigenvalue weighted by atomic mass is 19.1. The van der Waals surface area contributed by atoms with E-state index in [9.17, 15) is 18.8 Å². The molecule has 0 unspecified atom stereocenters. The Kier molecular flexibility index (Phi) is 8.61. The summed E-state index contributed by atoms with van der Waals surface area (Å²) >= 11 is 0. The number of aromatic nitrogens is 6. The summed E-state index contributed by atoms with van der Waals surface area (Å²) in [6, 6.07) is 14.0. The highest BCUT2D eigenvalue weighted by Gasteiger charge is 2.16. The van der Waals surface area contributed by atoms with E-state index in [0.717, 1.165) is 23.0 Å². The second kappa shape index (κ2) is 12.4. The number of carbonyl (C=O) groups excluding carboxylic acids is 3. The van der Waals surface area contributed by atoms with Crippen molar-refractivity contribution in [3.8, 4) is 11.4 Å². The van der Waals surface area contributed by atoms with Gasteiger partial charge in [0.15, 0.2) is 0 Å². The third-order valence-electron chi connectivity index (χ3n) is 5.65. The lowest BCUT2D eigenvalue weighted by Crippen LogP contribution is -2.29. The molecular weight excluding hydrogens is 505 g/mol. The molecule has 39 heavy (non-hydrogen) atoms. The van der Waals surface area contributed by atoms with E-state index in [1.807, 2.05) is 31.2 Å². The Morgan fingerprint density at radius 3 is 2.33 bits per heavy atom. The molecule has 3 amide bonds. The molecule has 2 heterocycles. The normalized spacial score (nSPS) is 11.5. The second-order valence-corrected chi connectivity index (χ2v) is 8.61. The molecule has 0 bridgehead atoms. The molecule has 0 radical (unpaired) electrons. The number of carbonyl (C=O) groups is 3. The third kappa shape index (κ3) is 7.47. The van der Waals surface area contributed by atoms with E-state index in [4.69, 9.17) is 0 Å². The molecule has 0 spiro atoms. The van der Waals surface area contributed by atoms with Gasteiger partial charge in [-0.2, -0.15) is 4.80 Å². The lowest BCUT2D eigenvalue weighted by Gasteiger charge is -2.14. The molecule has 2 aromatic heterocycles. The first kappa shape index (κ1) is 27.0. The SMILES string of the molecule is CC(=O)NCCn1nnc(-c2ccc([C@H](C)NC(=O)c3cc(C(=O)NCc4ccc(F)cc4)ncn3)cc2)n1. The van der Waals surface area contributed by atoms with Crippen LogP contribution in [0.25, 0.3) is 11.4 Å². The predicted octanol–water partition coefficient (Wildman–Crippen LogP) is 1.83. The van der Waals surface area contributed by atoms with Gasteiger partial charge in [0.25, 0.3) is 11.8 Å². The van der Waals surface area contributed by atoms with Gasteiger partial charge >= 0.3 is 0 Å². The summed E-state index contributed by atoms with van der Waals surface area (Å²) in [6.45, 7) is 4.24. The predicted molar refractivity (Wildman–Crippen MR) is 137 cm³/mol. The molecule has 0 saturated carbocycles. The van der Waals surface area contributed by atoms with Gasteiger partial charge in [-0.15, -0.1) is 10.2 Å². The fourth-order valence-electron chi connectivity index (χ4n) is 3.54. The highest BCUT2D eigenvalue weighted by Crippen LogP contribution is 2.19. The molecule has 4 rings (SSSR count). The van der Waals surface area contributed by atoms with Crippen LogP contribution in [0.1, 0.15) is 52.0 Å². The molecule has 3 N–H and O–H groups in total. The molecule has 0 aliphatic heterocycles. The number of hydrogen-bond acceptors (Lipinski definition) is 8. The minimum Gasteiger partial charge on any atom is -0.354 e. The zero-order valence-electron chi connectivity index (χ0n) is 21.3. The van der Waals surface area contributed by atoms with Gasteiger partial charge < -0.3 is 16.0 Å². The van der Waals surface area contributed by atoms with Gasteiger partial charge in [-0.05, 0) is 35.4 Å². The zero-order chi connectivity index (χ0) is 27.8. The van der Waals surface area contributed by atoms with Crippen LogP contribution in [0.15, 0.2) is 60.9 Å². The monoisotopic (exact) mass is 531 g/mol. The van der Waals surface area contributed by atoms with Gasteiger partial charge in [0, 0.05) is 31.6 Å². The first-order valence-electron chi connectivity index (χ1n) is 12.1. The van der Waals surface area contributed by atoms with Gasteiger partial charge in [0.1, 0.15) is 23.5 Å². The summed E-state index contributed by atoms with van der Waals surface area (Å²) in [5.74, 6) is -1.01. The highest BCUT2D eigenvalue weighted by molar-refractivity contribution is 5.97. The maximum absolute atomic E-state index is 13.1. The van der Waals surface area contributed by atoms with Gasteiger partial charge in [-0.3, -0.25) is 14.4 Å². The average molecular weight is 532 g/mol. The lowest BCUT2D eigenvalue weighted by atomic mass is 10.1. The van der Waals surface area contributed by atoms with E-state index in [2.05, 4.69) is 41.3 Å². The summed E-state index contributed by atoms with van der Waals surface area (Å²) < 4.78 is 13.1. The average Bonchev–Trinajstić information content (AvgIpc) is 3.41. The van der Waals surface area contributed by atoms with Crippen LogP contribution in [0.5, 0.6) is 0 Å². The van der Waals surface area contributed by atoms with E-state index >= 15 is 0 Å². The van der Waals surface area contributed by atoms with Crippen LogP contribution in [-0.2, 0) is 17.9 Å². The van der Waals surface area contributed by atoms with Crippen LogP contribution in [0.4, 0.5) is 4.39 Å². The Bertz CT molecular complexity index is 1460. The number of halogens is 1. The number of nitrogens with zero attached hydrogens (tertiary/aromatic N) is 6. The summed E-state index contributed by atoms with van der Waals surface area (Å²) in [5.41, 5.74) is 2.37. The van der Waals surface area contributed by atoms with Crippen molar-refractivity contribution in [2.24, 2.45) is 0 Å². The Morgan fingerprint density at radius 1 is 0.949 bits per heavy atom. The Morgan fingerprint density at radius 2 is 1.64 bits per heavy atom. The van der Waals surface area contributed by atoms with Crippen molar-refractivity contribution >= 4 is 17.7 Å². The van der Waals surface area contributed by atoms with E-state index in [0.29, 0.717) is 18.9 Å². The standard InChI is InChI=1S/C26H26FN9O3/c1-16(19-5-7-20(8-6-19)24-33-35-36(34-24)12-11-28-17(2)37)32-26(39)23-13-22(30-15-31-23)25(38)29-14-18-3-9-21(27)10-4-18/h3-10,13,15-16H,11-12,14H2,1-2H3,(H,28,37)(H,29,38)(H,32,39)/t16-/m0/s1. The van der Waals surface area contributed by atoms with Crippen molar-refractivity contribution in [3.63, 3.8) is 0 Å². The Labute approximate surface area is 223 Å². The van der Waals surface area contributed by atoms with Crippen LogP contribution < -0.4 is 16.0 Å². The van der Waals surface area contributed by atoms with E-state index in [-0.39, 0.29) is 35.7 Å². The van der Waals surface area contributed by atoms with E-state index < -0.39 is 11.8 Å². The van der Waals surface area contributed by atoms with Gasteiger partial charge in [0.2, 0.25) is 11.7 Å². The second-order valence-electron chi connectivity index (χ2n) is 8.61. The molecule has 2 aromatic carbocycles. The van der Waals surface area contributed by atoms with E-state index in [1.165, 1.54) is 29.9 Å². The van der Waals surface area contributed by atoms with Crippen LogP contribution in [0, 0.1) is 5.82 Å². The maximum Gasteiger partial charge on any atom is 0.270 e. The molecule has 200 valence electrons. The van der Waals surface area contributed by atoms with Crippen molar-refractivity contribution < 1.29 is 18.8 Å². The van der Waals surface area contributed by atoms with Crippen LogP contribution in [0.3, 0.4) is 0 Å². The zero-order valence-corrected chi connectivity index (χ0v) is 21.3. The molecule has 0 aliphatic rings. The molecule has 0 saturated heterocycles. The first-order chi connectivity index (χ1) is 18.8. The number of benzene rings is 2. The lowest BCUT2D eigenvalue weighted by molar-refractivity contribution is -0.119. The Hall–Kier alpha value is -5.07. The number of hydrogen-bond donors (Lipinski definition) is 3. The van der Waals surface area contributed by atoms with Crippen LogP contribution in [-0.4, -0.2) is 54.4 Å². The number of rotatable bonds is 10. The molecule has 0 fully saturated rings. The molecule has 13 heteroatoms. The number of nitrogens with one attached hydrogen (secondary N) is 3. The summed E-state index contributed by atoms with van der Waals surface area (Å²) in [6.07, 6.45) is 1.15. The Balaban J connectivity index is 1.33. The summed E-state index contributed by atoms with van der Waals surface area (Å²) in [5, 5.41) is 20.5. The summed E-state index contributed by atoms with van der Waals surface area (Å²) in [7, 11) is 0. The minimum absolute atomic E-state index is 0.0342. The quantitative estimate of drug-likeness (QED) is 0.280. The maximum atomic E-state index is 13.1. The fourth-order valence-corrected chi connectivity index (χ4v) is 3.54. The van der Waals surface area contributed by atoms with Crippen LogP contribution >= 0.6 is 0 Å². The molecule has 4 aromatic rings. The van der Waals surface area contributed by atoms with Crippen LogP contribution in [0.2, 0.25) is 0 Å². The topological polar surface area (TPSA) is 157 Å². The molecule has 0 aliphatic carbocycles. The fraction of sp³-hybridized carbons (Fsp3) is 0.231. The summed E-state index contributed by atoms with van der Waals surface area (Å²) in [4.78, 5) is 45.6. The molecular formula is C26H26FN9O3. The van der Waals surface area contributed by atoms with Gasteiger partial charge in [-0.25, -0.2) is 14.4 Å². The van der Waals surface area contributed by atoms with Crippen molar-refractivity contribution in [3.05, 3.63) is 89.3 Å². The van der Waals surface area contributed by atoms with E-state index in [1.54, 1.807) is 12.1 Å². The van der Waals surface area contributed by atoms with Gasteiger partial charge in [-0.1, -0.05) is 36.4 Å². The van der Waals surface area contributed by atoms with Crippen molar-refractivity contribution in [2.75, 3.05) is 6.54 Å². The molecule has 12 nitrogen and oxygen atoms in total. The first-order valence-corrected chi connectivity index (χ1v) is 12.1. The van der Waals surface area contributed by atoms with Crippen molar-refractivity contribution in [1.29, 1.82) is 0 Å². The number of amides is 3. The number of tetrazole rings is 1. The van der Waals surface area contributed by atoms with Crippen molar-refractivity contribution in [1.82, 2.24) is 46.1 Å². The smallest absolute Gasteiger partial charge is 0.270 e. The van der Waals surface area contributed by atoms with Gasteiger partial charge in [0.05, 0.1) is 12.6 Å². The molecule has 1 atom stereocenters.